The molecule has 1 aromatic rings. The molecule has 0 fully saturated rings. The van der Waals surface area contributed by atoms with Gasteiger partial charge in [0.05, 0.1) is 4.47 Å². The Bertz CT molecular complexity index is 476. The van der Waals surface area contributed by atoms with Crippen molar-refractivity contribution in [1.29, 1.82) is 0 Å². The van der Waals surface area contributed by atoms with Crippen molar-refractivity contribution in [2.24, 2.45) is 0 Å². The van der Waals surface area contributed by atoms with E-state index in [-0.39, 0.29) is 11.2 Å². The number of aromatic nitrogens is 2. The van der Waals surface area contributed by atoms with Crippen molar-refractivity contribution >= 4 is 15.9 Å². The second kappa shape index (κ2) is 6.79. The van der Waals surface area contributed by atoms with Crippen LogP contribution in [0.5, 0.6) is 0 Å². The Labute approximate surface area is 109 Å². The first-order valence-corrected chi connectivity index (χ1v) is 6.90. The summed E-state index contributed by atoms with van der Waals surface area (Å²) in [6.07, 6.45) is 5.38. The number of halogens is 1. The van der Waals surface area contributed by atoms with E-state index in [1.165, 1.54) is 4.57 Å². The minimum absolute atomic E-state index is 0.194. The van der Waals surface area contributed by atoms with Crippen molar-refractivity contribution in [1.82, 2.24) is 9.13 Å². The lowest BCUT2D eigenvalue weighted by molar-refractivity contribution is 0.514. The molecule has 0 saturated heterocycles. The summed E-state index contributed by atoms with van der Waals surface area (Å²) in [5, 5.41) is 0. The Morgan fingerprint density at radius 3 is 2.29 bits per heavy atom. The average molecular weight is 303 g/mol. The van der Waals surface area contributed by atoms with Crippen LogP contribution in [0.3, 0.4) is 0 Å². The predicted molar refractivity (Wildman–Crippen MR) is 72.5 cm³/mol. The number of hydrogen-bond donors (Lipinski definition) is 0. The molecular weight excluding hydrogens is 284 g/mol. The Kier molecular flexibility index (Phi) is 5.68. The van der Waals surface area contributed by atoms with Gasteiger partial charge in [-0.05, 0) is 28.8 Å². The first kappa shape index (κ1) is 14.2. The Hall–Kier alpha value is -0.840. The van der Waals surface area contributed by atoms with Crippen LogP contribution in [0.4, 0.5) is 0 Å². The van der Waals surface area contributed by atoms with E-state index in [2.05, 4.69) is 22.9 Å². The Morgan fingerprint density at radius 2 is 1.71 bits per heavy atom. The van der Waals surface area contributed by atoms with Crippen LogP contribution < -0.4 is 11.2 Å². The van der Waals surface area contributed by atoms with Crippen LogP contribution in [0, 0.1) is 0 Å². The fraction of sp³-hybridized carbons (Fsp3) is 0.667. The molecule has 0 saturated carbocycles. The van der Waals surface area contributed by atoms with Crippen LogP contribution >= 0.6 is 15.9 Å². The third-order valence-corrected chi connectivity index (χ3v) is 3.23. The number of rotatable bonds is 6. The lowest BCUT2D eigenvalue weighted by Crippen LogP contribution is -2.40. The Balaban J connectivity index is 3.13. The average Bonchev–Trinajstić information content (AvgIpc) is 2.32. The van der Waals surface area contributed by atoms with Crippen molar-refractivity contribution in [3.63, 3.8) is 0 Å². The van der Waals surface area contributed by atoms with E-state index in [1.807, 2.05) is 6.92 Å². The summed E-state index contributed by atoms with van der Waals surface area (Å²) in [5.41, 5.74) is -0.420. The molecular formula is C12H19BrN2O2. The fourth-order valence-corrected chi connectivity index (χ4v) is 2.08. The van der Waals surface area contributed by atoms with Gasteiger partial charge in [0.15, 0.2) is 0 Å². The summed E-state index contributed by atoms with van der Waals surface area (Å²) in [6, 6.07) is 0. The first-order chi connectivity index (χ1) is 8.11. The molecule has 0 aliphatic heterocycles. The van der Waals surface area contributed by atoms with Crippen molar-refractivity contribution < 1.29 is 0 Å². The molecule has 0 aliphatic carbocycles. The molecule has 0 amide bonds. The van der Waals surface area contributed by atoms with E-state index >= 15 is 0 Å². The monoisotopic (exact) mass is 302 g/mol. The maximum Gasteiger partial charge on any atom is 0.331 e. The van der Waals surface area contributed by atoms with E-state index in [4.69, 9.17) is 0 Å². The van der Waals surface area contributed by atoms with Gasteiger partial charge in [-0.25, -0.2) is 4.79 Å². The molecule has 17 heavy (non-hydrogen) atoms. The highest BCUT2D eigenvalue weighted by Gasteiger charge is 2.08. The molecule has 0 atom stereocenters. The lowest BCUT2D eigenvalue weighted by atomic mass is 10.3. The summed E-state index contributed by atoms with van der Waals surface area (Å²) in [4.78, 5) is 23.9. The number of aryl methyl sites for hydroxylation is 1. The molecule has 0 N–H and O–H groups in total. The van der Waals surface area contributed by atoms with Gasteiger partial charge in [-0.2, -0.15) is 0 Å². The summed E-state index contributed by atoms with van der Waals surface area (Å²) in [5.74, 6) is 0. The largest absolute Gasteiger partial charge is 0.331 e. The zero-order valence-corrected chi connectivity index (χ0v) is 12.0. The summed E-state index contributed by atoms with van der Waals surface area (Å²) < 4.78 is 3.40. The third-order valence-electron chi connectivity index (χ3n) is 2.68. The normalized spacial score (nSPS) is 10.8. The molecule has 5 heteroatoms. The first-order valence-electron chi connectivity index (χ1n) is 6.11. The summed E-state index contributed by atoms with van der Waals surface area (Å²) in [7, 11) is 0. The molecule has 1 rings (SSSR count). The van der Waals surface area contributed by atoms with Gasteiger partial charge in [-0.3, -0.25) is 13.9 Å². The molecule has 0 radical (unpaired) electrons. The minimum Gasteiger partial charge on any atom is -0.299 e. The predicted octanol–water partition coefficient (Wildman–Crippen LogP) is 2.37. The van der Waals surface area contributed by atoms with Crippen LogP contribution in [-0.2, 0) is 13.1 Å². The van der Waals surface area contributed by atoms with Gasteiger partial charge < -0.3 is 0 Å². The van der Waals surface area contributed by atoms with E-state index < -0.39 is 0 Å². The SMILES string of the molecule is CCCCn1cc(Br)c(=O)n(CCCC)c1=O. The molecule has 0 aromatic carbocycles. The van der Waals surface area contributed by atoms with Gasteiger partial charge in [0.1, 0.15) is 0 Å². The fourth-order valence-electron chi connectivity index (χ4n) is 1.62. The highest BCUT2D eigenvalue weighted by molar-refractivity contribution is 9.10. The van der Waals surface area contributed by atoms with E-state index in [0.717, 1.165) is 25.7 Å². The topological polar surface area (TPSA) is 44.0 Å². The maximum atomic E-state index is 12.1. The standard InChI is InChI=1S/C12H19BrN2O2/c1-3-5-7-14-9-10(13)11(16)15(12(14)17)8-6-4-2/h9H,3-8H2,1-2H3. The second-order valence-electron chi connectivity index (χ2n) is 4.12. The minimum atomic E-state index is -0.226. The van der Waals surface area contributed by atoms with E-state index in [9.17, 15) is 9.59 Å². The molecule has 96 valence electrons. The maximum absolute atomic E-state index is 12.1. The zero-order valence-electron chi connectivity index (χ0n) is 10.4. The molecule has 0 aliphatic rings. The quantitative estimate of drug-likeness (QED) is 0.810. The molecule has 0 unspecified atom stereocenters. The van der Waals surface area contributed by atoms with Crippen LogP contribution in [0.2, 0.25) is 0 Å². The van der Waals surface area contributed by atoms with Crippen molar-refractivity contribution in [3.05, 3.63) is 31.5 Å². The Morgan fingerprint density at radius 1 is 1.12 bits per heavy atom. The third kappa shape index (κ3) is 3.56. The second-order valence-corrected chi connectivity index (χ2v) is 4.97. The van der Waals surface area contributed by atoms with Gasteiger partial charge in [-0.15, -0.1) is 0 Å². The summed E-state index contributed by atoms with van der Waals surface area (Å²) in [6.45, 7) is 5.28. The lowest BCUT2D eigenvalue weighted by Gasteiger charge is -2.10. The van der Waals surface area contributed by atoms with Crippen LogP contribution in [0.1, 0.15) is 39.5 Å². The molecule has 4 nitrogen and oxygen atoms in total. The molecule has 1 heterocycles. The highest BCUT2D eigenvalue weighted by Crippen LogP contribution is 2.01. The van der Waals surface area contributed by atoms with Crippen molar-refractivity contribution in [2.75, 3.05) is 0 Å². The van der Waals surface area contributed by atoms with E-state index in [0.29, 0.717) is 17.6 Å². The number of hydrogen-bond acceptors (Lipinski definition) is 2. The summed E-state index contributed by atoms with van der Waals surface area (Å²) >= 11 is 3.22. The van der Waals surface area contributed by atoms with Crippen LogP contribution in [-0.4, -0.2) is 9.13 Å². The van der Waals surface area contributed by atoms with Gasteiger partial charge in [0.2, 0.25) is 0 Å². The van der Waals surface area contributed by atoms with Gasteiger partial charge in [-0.1, -0.05) is 26.7 Å². The molecule has 1 aromatic heterocycles. The van der Waals surface area contributed by atoms with E-state index in [1.54, 1.807) is 10.8 Å². The van der Waals surface area contributed by atoms with Gasteiger partial charge in [0, 0.05) is 19.3 Å². The molecule has 0 spiro atoms. The number of unbranched alkanes of at least 4 members (excludes halogenated alkanes) is 2. The number of nitrogens with zero attached hydrogens (tertiary/aromatic N) is 2. The van der Waals surface area contributed by atoms with Crippen LogP contribution in [0.25, 0.3) is 0 Å². The van der Waals surface area contributed by atoms with Gasteiger partial charge in [0.25, 0.3) is 5.56 Å². The van der Waals surface area contributed by atoms with Gasteiger partial charge >= 0.3 is 5.69 Å². The van der Waals surface area contributed by atoms with Crippen molar-refractivity contribution in [3.8, 4) is 0 Å². The zero-order chi connectivity index (χ0) is 12.8. The molecule has 0 bridgehead atoms. The van der Waals surface area contributed by atoms with Crippen molar-refractivity contribution in [2.45, 2.75) is 52.6 Å². The highest BCUT2D eigenvalue weighted by atomic mass is 79.9. The smallest absolute Gasteiger partial charge is 0.299 e. The van der Waals surface area contributed by atoms with Crippen LogP contribution in [0.15, 0.2) is 20.3 Å².